The number of rotatable bonds is 3. The van der Waals surface area contributed by atoms with Gasteiger partial charge in [-0.25, -0.2) is 4.68 Å². The standard InChI is InChI=1S/C20H20N6O/c1-12-6-7-16(13(2)9-12)25-19(27)17-14(3)24-20-22-11-23-26(20)18(17)15-5-4-8-21-10-15/h4-11,18H,1-3H3,(H,25,27)(H,22,23,24). The number of anilines is 2. The van der Waals surface area contributed by atoms with Gasteiger partial charge in [0.1, 0.15) is 12.4 Å². The van der Waals surface area contributed by atoms with Crippen molar-refractivity contribution in [3.8, 4) is 0 Å². The fourth-order valence-electron chi connectivity index (χ4n) is 3.37. The average Bonchev–Trinajstić information content (AvgIpc) is 3.11. The number of carbonyl (C=O) groups is 1. The van der Waals surface area contributed by atoms with E-state index in [1.54, 1.807) is 17.1 Å². The Labute approximate surface area is 157 Å². The number of amides is 1. The summed E-state index contributed by atoms with van der Waals surface area (Å²) in [6.07, 6.45) is 4.93. The first-order chi connectivity index (χ1) is 13.0. The van der Waals surface area contributed by atoms with Crippen LogP contribution in [-0.4, -0.2) is 25.7 Å². The Bertz CT molecular complexity index is 1040. The first-order valence-corrected chi connectivity index (χ1v) is 8.70. The molecule has 0 aliphatic carbocycles. The molecule has 0 saturated carbocycles. The second kappa shape index (κ2) is 6.68. The summed E-state index contributed by atoms with van der Waals surface area (Å²) in [5.74, 6) is 0.423. The number of hydrogen-bond acceptors (Lipinski definition) is 5. The summed E-state index contributed by atoms with van der Waals surface area (Å²) in [6.45, 7) is 5.89. The van der Waals surface area contributed by atoms with E-state index >= 15 is 0 Å². The fraction of sp³-hybridized carbons (Fsp3) is 0.200. The lowest BCUT2D eigenvalue weighted by Gasteiger charge is -2.28. The van der Waals surface area contributed by atoms with Crippen LogP contribution in [0.2, 0.25) is 0 Å². The zero-order valence-electron chi connectivity index (χ0n) is 15.4. The van der Waals surface area contributed by atoms with Crippen LogP contribution in [0.3, 0.4) is 0 Å². The number of fused-ring (bicyclic) bond motifs is 1. The van der Waals surface area contributed by atoms with Crippen LogP contribution in [0.4, 0.5) is 11.6 Å². The van der Waals surface area contributed by atoms with Gasteiger partial charge in [-0.3, -0.25) is 9.78 Å². The van der Waals surface area contributed by atoms with E-state index < -0.39 is 6.04 Å². The van der Waals surface area contributed by atoms with Crippen molar-refractivity contribution in [2.75, 3.05) is 10.6 Å². The van der Waals surface area contributed by atoms with E-state index in [-0.39, 0.29) is 5.91 Å². The van der Waals surface area contributed by atoms with Gasteiger partial charge < -0.3 is 10.6 Å². The molecule has 1 unspecified atom stereocenters. The summed E-state index contributed by atoms with van der Waals surface area (Å²) in [6, 6.07) is 9.34. The summed E-state index contributed by atoms with van der Waals surface area (Å²) in [5.41, 5.74) is 5.16. The molecule has 136 valence electrons. The second-order valence-corrected chi connectivity index (χ2v) is 6.65. The van der Waals surface area contributed by atoms with Crippen LogP contribution in [0.1, 0.15) is 29.7 Å². The predicted molar refractivity (Wildman–Crippen MR) is 103 cm³/mol. The maximum Gasteiger partial charge on any atom is 0.255 e. The molecule has 1 aliphatic rings. The van der Waals surface area contributed by atoms with Gasteiger partial charge in [-0.2, -0.15) is 10.1 Å². The largest absolute Gasteiger partial charge is 0.328 e. The van der Waals surface area contributed by atoms with Gasteiger partial charge in [0.25, 0.3) is 5.91 Å². The molecule has 7 nitrogen and oxygen atoms in total. The lowest BCUT2D eigenvalue weighted by molar-refractivity contribution is -0.113. The number of hydrogen-bond donors (Lipinski definition) is 2. The minimum absolute atomic E-state index is 0.179. The summed E-state index contributed by atoms with van der Waals surface area (Å²) >= 11 is 0. The molecule has 3 aromatic rings. The van der Waals surface area contributed by atoms with Gasteiger partial charge in [0.15, 0.2) is 0 Å². The van der Waals surface area contributed by atoms with Gasteiger partial charge in [-0.15, -0.1) is 0 Å². The molecule has 2 N–H and O–H groups in total. The molecular formula is C20H20N6O. The minimum atomic E-state index is -0.400. The van der Waals surface area contributed by atoms with E-state index in [1.165, 1.54) is 6.33 Å². The van der Waals surface area contributed by atoms with Crippen LogP contribution in [-0.2, 0) is 4.79 Å². The molecule has 27 heavy (non-hydrogen) atoms. The van der Waals surface area contributed by atoms with Crippen LogP contribution < -0.4 is 10.6 Å². The summed E-state index contributed by atoms with van der Waals surface area (Å²) < 4.78 is 1.71. The lowest BCUT2D eigenvalue weighted by atomic mass is 9.96. The van der Waals surface area contributed by atoms with Gasteiger partial charge in [-0.05, 0) is 44.0 Å². The van der Waals surface area contributed by atoms with E-state index in [2.05, 4.69) is 25.7 Å². The van der Waals surface area contributed by atoms with Gasteiger partial charge in [-0.1, -0.05) is 23.8 Å². The predicted octanol–water partition coefficient (Wildman–Crippen LogP) is 3.22. The van der Waals surface area contributed by atoms with Gasteiger partial charge >= 0.3 is 0 Å². The van der Waals surface area contributed by atoms with E-state index in [0.29, 0.717) is 11.5 Å². The highest BCUT2D eigenvalue weighted by Gasteiger charge is 2.33. The van der Waals surface area contributed by atoms with Crippen molar-refractivity contribution in [3.63, 3.8) is 0 Å². The Hall–Kier alpha value is -3.48. The number of pyridine rings is 1. The van der Waals surface area contributed by atoms with Crippen LogP contribution in [0.5, 0.6) is 0 Å². The quantitative estimate of drug-likeness (QED) is 0.749. The highest BCUT2D eigenvalue weighted by molar-refractivity contribution is 6.06. The molecule has 7 heteroatoms. The number of benzene rings is 1. The van der Waals surface area contributed by atoms with Crippen molar-refractivity contribution in [3.05, 3.63) is 77.0 Å². The molecule has 1 atom stereocenters. The van der Waals surface area contributed by atoms with Crippen molar-refractivity contribution in [2.24, 2.45) is 0 Å². The Kier molecular flexibility index (Phi) is 4.19. The highest BCUT2D eigenvalue weighted by Crippen LogP contribution is 2.34. The van der Waals surface area contributed by atoms with Gasteiger partial charge in [0.2, 0.25) is 5.95 Å². The summed E-state index contributed by atoms with van der Waals surface area (Å²) in [4.78, 5) is 21.7. The molecule has 0 fully saturated rings. The molecule has 0 spiro atoms. The fourth-order valence-corrected chi connectivity index (χ4v) is 3.37. The van der Waals surface area contributed by atoms with E-state index in [0.717, 1.165) is 28.1 Å². The first-order valence-electron chi connectivity index (χ1n) is 8.70. The Balaban J connectivity index is 1.75. The minimum Gasteiger partial charge on any atom is -0.328 e. The van der Waals surface area contributed by atoms with Crippen LogP contribution in [0.15, 0.2) is 60.3 Å². The van der Waals surface area contributed by atoms with Crippen molar-refractivity contribution >= 4 is 17.5 Å². The molecular weight excluding hydrogens is 340 g/mol. The van der Waals surface area contributed by atoms with Crippen molar-refractivity contribution in [1.29, 1.82) is 0 Å². The number of aromatic nitrogens is 4. The zero-order valence-corrected chi connectivity index (χ0v) is 15.4. The maximum absolute atomic E-state index is 13.2. The summed E-state index contributed by atoms with van der Waals surface area (Å²) in [7, 11) is 0. The number of aryl methyl sites for hydroxylation is 2. The second-order valence-electron chi connectivity index (χ2n) is 6.65. The van der Waals surface area contributed by atoms with Crippen molar-refractivity contribution in [1.82, 2.24) is 19.7 Å². The Morgan fingerprint density at radius 3 is 2.81 bits per heavy atom. The van der Waals surface area contributed by atoms with Crippen molar-refractivity contribution < 1.29 is 4.79 Å². The van der Waals surface area contributed by atoms with Crippen LogP contribution >= 0.6 is 0 Å². The smallest absolute Gasteiger partial charge is 0.255 e. The Morgan fingerprint density at radius 2 is 2.07 bits per heavy atom. The van der Waals surface area contributed by atoms with E-state index in [1.807, 2.05) is 51.1 Å². The summed E-state index contributed by atoms with van der Waals surface area (Å²) in [5, 5.41) is 10.5. The lowest BCUT2D eigenvalue weighted by Crippen LogP contribution is -2.31. The highest BCUT2D eigenvalue weighted by atomic mass is 16.1. The third-order valence-corrected chi connectivity index (χ3v) is 4.67. The molecule has 4 rings (SSSR count). The van der Waals surface area contributed by atoms with Crippen LogP contribution in [0.25, 0.3) is 0 Å². The average molecular weight is 360 g/mol. The Morgan fingerprint density at radius 1 is 1.22 bits per heavy atom. The third kappa shape index (κ3) is 3.08. The monoisotopic (exact) mass is 360 g/mol. The van der Waals surface area contributed by atoms with E-state index in [9.17, 15) is 4.79 Å². The number of allylic oxidation sites excluding steroid dienone is 1. The van der Waals surface area contributed by atoms with Crippen LogP contribution in [0, 0.1) is 13.8 Å². The molecule has 0 saturated heterocycles. The molecule has 1 aliphatic heterocycles. The normalized spacial score (nSPS) is 15.9. The molecule has 0 radical (unpaired) electrons. The van der Waals surface area contributed by atoms with Gasteiger partial charge in [0, 0.05) is 23.8 Å². The zero-order chi connectivity index (χ0) is 19.0. The SMILES string of the molecule is CC1=C(C(=O)Nc2ccc(C)cc2C)C(c2cccnc2)n2ncnc2N1. The number of nitrogens with one attached hydrogen (secondary N) is 2. The number of nitrogens with zero attached hydrogens (tertiary/aromatic N) is 4. The number of carbonyl (C=O) groups excluding carboxylic acids is 1. The first kappa shape index (κ1) is 17.0. The van der Waals surface area contributed by atoms with Crippen molar-refractivity contribution in [2.45, 2.75) is 26.8 Å². The molecule has 0 bridgehead atoms. The van der Waals surface area contributed by atoms with Gasteiger partial charge in [0.05, 0.1) is 5.57 Å². The molecule has 1 amide bonds. The topological polar surface area (TPSA) is 84.7 Å². The molecule has 3 heterocycles. The molecule has 1 aromatic carbocycles. The third-order valence-electron chi connectivity index (χ3n) is 4.67. The molecule has 2 aromatic heterocycles. The maximum atomic E-state index is 13.2. The van der Waals surface area contributed by atoms with E-state index in [4.69, 9.17) is 0 Å².